The van der Waals surface area contributed by atoms with E-state index >= 15 is 0 Å². The number of hydrogen-bond acceptors (Lipinski definition) is 24. The topological polar surface area (TPSA) is 359 Å². The van der Waals surface area contributed by atoms with Gasteiger partial charge in [-0.1, -0.05) is 201 Å². The number of fused-ring (bicyclic) bond motifs is 18. The van der Waals surface area contributed by atoms with Gasteiger partial charge in [0.2, 0.25) is 34.7 Å². The van der Waals surface area contributed by atoms with Gasteiger partial charge in [0.25, 0.3) is 34.7 Å². The third-order valence-corrected chi connectivity index (χ3v) is 26.1. The number of hydrogen-bond donors (Lipinski definition) is 2. The zero-order chi connectivity index (χ0) is 98.5. The van der Waals surface area contributed by atoms with Crippen molar-refractivity contribution in [1.29, 1.82) is 0 Å². The van der Waals surface area contributed by atoms with Crippen LogP contribution in [0.4, 0.5) is 0 Å². The number of nitrogens with zero attached hydrogens (tertiary/aromatic N) is 15. The third kappa shape index (κ3) is 20.0. The number of rotatable bonds is 23. The minimum absolute atomic E-state index is 0.0377. The zero-order valence-electron chi connectivity index (χ0n) is 81.0. The Morgan fingerprint density at radius 3 is 0.906 bits per heavy atom. The molecule has 0 spiro atoms. The van der Waals surface area contributed by atoms with Gasteiger partial charge in [0, 0.05) is 142 Å². The molecule has 6 aromatic carbocycles. The second kappa shape index (κ2) is 42.7. The van der Waals surface area contributed by atoms with Crippen molar-refractivity contribution in [2.45, 2.75) is 163 Å². The molecule has 2 saturated heterocycles. The number of ether oxygens (including phenoxy) is 1. The van der Waals surface area contributed by atoms with Crippen LogP contribution in [-0.4, -0.2) is 259 Å². The summed E-state index contributed by atoms with van der Waals surface area (Å²) >= 11 is 5.79. The van der Waals surface area contributed by atoms with Crippen LogP contribution < -0.4 is 0 Å². The summed E-state index contributed by atoms with van der Waals surface area (Å²) in [5.41, 5.74) is 13.4. The van der Waals surface area contributed by atoms with Crippen LogP contribution in [0.1, 0.15) is 291 Å². The highest BCUT2D eigenvalue weighted by Gasteiger charge is 2.43. The van der Waals surface area contributed by atoms with E-state index in [1.165, 1.54) is 25.9 Å². The molecule has 1 atom stereocenters. The Hall–Kier alpha value is -13.3. The molecular weight excluding hydrogens is 1770 g/mol. The van der Waals surface area contributed by atoms with E-state index in [0.717, 1.165) is 135 Å². The Bertz CT molecular complexity index is 6770. The molecule has 30 nitrogen and oxygen atoms in total. The van der Waals surface area contributed by atoms with Gasteiger partial charge in [-0.15, -0.1) is 11.6 Å². The normalized spacial score (nSPS) is 15.2. The van der Waals surface area contributed by atoms with E-state index in [4.69, 9.17) is 31.3 Å². The molecule has 2 fully saturated rings. The summed E-state index contributed by atoms with van der Waals surface area (Å²) in [5, 5.41) is 0. The maximum atomic E-state index is 12.9. The summed E-state index contributed by atoms with van der Waals surface area (Å²) in [4.78, 5) is 194. The van der Waals surface area contributed by atoms with E-state index in [1.54, 1.807) is 72.8 Å². The maximum Gasteiger partial charge on any atom is 0.252 e. The number of carbonyl (C=O) groups is 12. The second-order valence-electron chi connectivity index (χ2n) is 37.7. The van der Waals surface area contributed by atoms with Gasteiger partial charge < -0.3 is 47.7 Å². The number of imidazole rings is 6. The van der Waals surface area contributed by atoms with Crippen LogP contribution in [0.5, 0.6) is 0 Å². The number of benzene rings is 6. The predicted octanol–water partition coefficient (Wildman–Crippen LogP) is 16.6. The first-order valence-corrected chi connectivity index (χ1v) is 48.0. The monoisotopic (exact) mass is 1880 g/mol. The largest absolute Gasteiger partial charge is 0.379 e. The molecule has 716 valence electrons. The Morgan fingerprint density at radius 1 is 0.319 bits per heavy atom. The highest BCUT2D eigenvalue weighted by atomic mass is 35.5. The van der Waals surface area contributed by atoms with Gasteiger partial charge in [0.05, 0.1) is 25.8 Å². The number of halogens is 1. The number of aromatic amines is 2. The zero-order valence-corrected chi connectivity index (χ0v) is 81.7. The molecule has 0 saturated carbocycles. The lowest BCUT2D eigenvalue weighted by atomic mass is 9.90. The van der Waals surface area contributed by atoms with Gasteiger partial charge in [-0.05, 0) is 114 Å². The SMILES string of the molecule is CC(C)c1nc2c(n1CCCCl)C(=O)C(=O)c1ccccc1-2.CC(C)c1nc2c(n1CCCN(C)C)C(=O)C(=O)c1ccccc1-2.CC(C)c1nc2c(n1CCCN1CCCC1)C(=O)C(=O)c1ccccc1-2.CC(C)c1nc2c(n1CCCN1CCOCC1)C(=O)C(=O)c1ccccc1-2.CC(c1nc2c([nH]1)C(=O)C(=O)c1ccccc1-2)N(C)C.CN(C)Cc1nc2c([nH]1)C(=O)C(=O)c1ccccc1-2. The number of morpholine rings is 1. The maximum absolute atomic E-state index is 12.9. The van der Waals surface area contributed by atoms with Crippen molar-refractivity contribution in [1.82, 2.24) is 82.6 Å². The smallest absolute Gasteiger partial charge is 0.252 e. The molecule has 0 radical (unpaired) electrons. The average Bonchev–Trinajstić information content (AvgIpc) is 1.60. The quantitative estimate of drug-likeness (QED) is 0.0444. The third-order valence-electron chi connectivity index (χ3n) is 25.8. The van der Waals surface area contributed by atoms with Gasteiger partial charge in [-0.2, -0.15) is 0 Å². The first-order valence-electron chi connectivity index (χ1n) is 47.5. The van der Waals surface area contributed by atoms with Crippen molar-refractivity contribution in [3.05, 3.63) is 248 Å². The van der Waals surface area contributed by atoms with Crippen LogP contribution in [-0.2, 0) is 37.5 Å². The molecule has 138 heavy (non-hydrogen) atoms. The molecular formula is C107H118ClN17O13. The summed E-state index contributed by atoms with van der Waals surface area (Å²) in [7, 11) is 11.8. The Morgan fingerprint density at radius 2 is 0.601 bits per heavy atom. The fraction of sp³-hybridized carbons (Fsp3) is 0.383. The van der Waals surface area contributed by atoms with Crippen molar-refractivity contribution >= 4 is 81.0 Å². The molecule has 6 aliphatic carbocycles. The summed E-state index contributed by atoms with van der Waals surface area (Å²) in [6, 6.07) is 43.2. The minimum Gasteiger partial charge on any atom is -0.379 e. The fourth-order valence-electron chi connectivity index (χ4n) is 18.8. The molecule has 0 bridgehead atoms. The number of nitrogens with one attached hydrogen (secondary N) is 2. The van der Waals surface area contributed by atoms with Crippen LogP contribution in [0.15, 0.2) is 146 Å². The van der Waals surface area contributed by atoms with E-state index < -0.39 is 69.4 Å². The summed E-state index contributed by atoms with van der Waals surface area (Å²) < 4.78 is 13.2. The standard InChI is InChI=1S/C21H25N3O3.C21H25N3O2.C19H23N3O2.C17H17ClN2O2.C15H15N3O2.C14H13N3O2/c1-14(2)21-22-17-15-6-3-4-7-16(15)19(25)20(26)18(17)24(21)9-5-8-23-10-12-27-13-11-23;1-14(2)21-22-17-15-8-3-4-9-16(15)19(25)20(26)18(17)24(21)13-7-12-23-10-5-6-11-23;1-12(2)19-20-15-13-8-5-6-9-14(13)17(23)18(24)16(15)22(19)11-7-10-21(3)4;1-10(2)17-19-13-11-6-3-4-7-12(11)15(21)16(22)14(13)20(17)9-5-8-18;1-8(18(2)3)15-16-11-9-6-4-5-7-10(9)13(19)14(20)12(11)17-15;1-17(2)7-10-15-11-8-5-3-4-6-9(8)13(18)14(19)12(11)16-10/h3-4,6-7,14H,5,8-13H2,1-2H3;3-4,8-9,14H,5-7,10-13H2,1-2H3;5-6,8-9,12H,7,10-11H2,1-4H3;3-4,6-7,10H,5,8-9H2,1-2H3;4-8H,1-3H3,(H,16,17);3-6H,7H2,1-2H3,(H,15,16). The van der Waals surface area contributed by atoms with Crippen molar-refractivity contribution in [3.63, 3.8) is 0 Å². The number of likely N-dealkylation sites (tertiary alicyclic amines) is 1. The molecule has 8 aliphatic rings. The highest BCUT2D eigenvalue weighted by Crippen LogP contribution is 2.42. The summed E-state index contributed by atoms with van der Waals surface area (Å²) in [6.07, 6.45) is 6.06. The first kappa shape index (κ1) is 99.2. The minimum atomic E-state index is -0.511. The van der Waals surface area contributed by atoms with Crippen LogP contribution in [0.3, 0.4) is 0 Å². The molecule has 0 amide bonds. The number of ketones is 12. The lowest BCUT2D eigenvalue weighted by Crippen LogP contribution is -2.37. The number of Topliss-reactive ketones (excluding diaryl/α,β-unsaturated/α-hetero) is 12. The summed E-state index contributed by atoms with van der Waals surface area (Å²) in [6.45, 7) is 30.5. The fourth-order valence-corrected chi connectivity index (χ4v) is 18.9. The van der Waals surface area contributed by atoms with Gasteiger partial charge >= 0.3 is 0 Å². The van der Waals surface area contributed by atoms with E-state index in [2.05, 4.69) is 81.2 Å². The van der Waals surface area contributed by atoms with E-state index in [1.807, 2.05) is 164 Å². The van der Waals surface area contributed by atoms with E-state index in [0.29, 0.717) is 145 Å². The number of alkyl halides is 1. The lowest BCUT2D eigenvalue weighted by molar-refractivity contribution is 0.0368. The number of H-pyrrole nitrogens is 2. The highest BCUT2D eigenvalue weighted by molar-refractivity contribution is 6.55. The van der Waals surface area contributed by atoms with Crippen LogP contribution >= 0.6 is 11.6 Å². The molecule has 1 unspecified atom stereocenters. The van der Waals surface area contributed by atoms with Gasteiger partial charge in [0.1, 0.15) is 103 Å². The van der Waals surface area contributed by atoms with Crippen molar-refractivity contribution in [3.8, 4) is 67.5 Å². The number of aromatic nitrogens is 12. The molecule has 8 heterocycles. The Balaban J connectivity index is 0.000000126. The van der Waals surface area contributed by atoms with Crippen LogP contribution in [0, 0.1) is 0 Å². The molecule has 6 aromatic heterocycles. The molecule has 12 aromatic rings. The predicted molar refractivity (Wildman–Crippen MR) is 527 cm³/mol. The molecule has 31 heteroatoms. The Labute approximate surface area is 807 Å². The molecule has 2 N–H and O–H groups in total. The van der Waals surface area contributed by atoms with Crippen LogP contribution in [0.25, 0.3) is 67.5 Å². The van der Waals surface area contributed by atoms with Crippen LogP contribution in [0.2, 0.25) is 0 Å². The van der Waals surface area contributed by atoms with Crippen molar-refractivity contribution < 1.29 is 62.3 Å². The van der Waals surface area contributed by atoms with Crippen molar-refractivity contribution in [2.75, 3.05) is 107 Å². The Kier molecular flexibility index (Phi) is 30.7. The number of carbonyl (C=O) groups excluding carboxylic acids is 12. The first-order chi connectivity index (χ1) is 66.2. The second-order valence-corrected chi connectivity index (χ2v) is 38.0. The van der Waals surface area contributed by atoms with Crippen molar-refractivity contribution in [2.24, 2.45) is 0 Å². The average molecular weight is 1890 g/mol. The molecule has 20 rings (SSSR count). The van der Waals surface area contributed by atoms with Gasteiger partial charge in [-0.25, -0.2) is 29.9 Å². The van der Waals surface area contributed by atoms with E-state index in [9.17, 15) is 57.5 Å². The molecule has 2 aliphatic heterocycles. The van der Waals surface area contributed by atoms with E-state index in [-0.39, 0.29) is 29.7 Å². The van der Waals surface area contributed by atoms with Gasteiger partial charge in [0.15, 0.2) is 0 Å². The lowest BCUT2D eigenvalue weighted by Gasteiger charge is -2.26. The summed E-state index contributed by atoms with van der Waals surface area (Å²) in [5.74, 6) is 0.632. The van der Waals surface area contributed by atoms with Gasteiger partial charge in [-0.3, -0.25) is 67.3 Å².